The van der Waals surface area contributed by atoms with Gasteiger partial charge in [-0.05, 0) is 42.3 Å². The molecule has 2 aromatic heterocycles. The van der Waals surface area contributed by atoms with E-state index in [1.165, 1.54) is 6.92 Å². The number of nitrogens with zero attached hydrogens (tertiary/aromatic N) is 2. The third-order valence-corrected chi connectivity index (χ3v) is 5.09. The summed E-state index contributed by atoms with van der Waals surface area (Å²) in [6.07, 6.45) is 3.94. The monoisotopic (exact) mass is 402 g/mol. The van der Waals surface area contributed by atoms with Gasteiger partial charge in [-0.2, -0.15) is 0 Å². The van der Waals surface area contributed by atoms with E-state index in [-0.39, 0.29) is 18.4 Å². The van der Waals surface area contributed by atoms with Crippen LogP contribution in [-0.4, -0.2) is 20.9 Å². The molecule has 0 spiro atoms. The number of anilines is 2. The lowest BCUT2D eigenvalue weighted by Crippen LogP contribution is -2.18. The number of hydrogen-bond acceptors (Lipinski definition) is 2. The number of fused-ring (bicyclic) bond motifs is 2. The Hall–Kier alpha value is -3.54. The van der Waals surface area contributed by atoms with Gasteiger partial charge in [0.25, 0.3) is 0 Å². The minimum Gasteiger partial charge on any atom is -0.347 e. The number of hydrogen-bond donors (Lipinski definition) is 2. The summed E-state index contributed by atoms with van der Waals surface area (Å²) in [6.45, 7) is 6.99. The Morgan fingerprint density at radius 3 is 2.00 bits per heavy atom. The zero-order valence-electron chi connectivity index (χ0n) is 17.5. The second-order valence-electron chi connectivity index (χ2n) is 8.01. The van der Waals surface area contributed by atoms with E-state index in [0.717, 1.165) is 39.7 Å². The smallest absolute Gasteiger partial charge is 0.244 e. The van der Waals surface area contributed by atoms with E-state index in [9.17, 15) is 9.59 Å². The van der Waals surface area contributed by atoms with Crippen molar-refractivity contribution in [2.24, 2.45) is 5.92 Å². The molecule has 0 saturated carbocycles. The fourth-order valence-electron chi connectivity index (χ4n) is 3.89. The number of amides is 2. The van der Waals surface area contributed by atoms with Crippen LogP contribution in [0.25, 0.3) is 21.8 Å². The van der Waals surface area contributed by atoms with Gasteiger partial charge in [0, 0.05) is 36.6 Å². The van der Waals surface area contributed by atoms with E-state index in [4.69, 9.17) is 0 Å². The first-order valence-corrected chi connectivity index (χ1v) is 10.2. The summed E-state index contributed by atoms with van der Waals surface area (Å²) < 4.78 is 4.11. The highest BCUT2D eigenvalue weighted by atomic mass is 16.2. The van der Waals surface area contributed by atoms with Gasteiger partial charge in [0.05, 0.1) is 22.4 Å². The van der Waals surface area contributed by atoms with Crippen LogP contribution >= 0.6 is 0 Å². The lowest BCUT2D eigenvalue weighted by molar-refractivity contribution is -0.116. The van der Waals surface area contributed by atoms with Gasteiger partial charge in [-0.1, -0.05) is 26.0 Å². The Morgan fingerprint density at radius 2 is 1.40 bits per heavy atom. The number of benzene rings is 2. The molecule has 2 heterocycles. The molecule has 0 aliphatic heterocycles. The Morgan fingerprint density at radius 1 is 0.833 bits per heavy atom. The molecule has 4 rings (SSSR count). The summed E-state index contributed by atoms with van der Waals surface area (Å²) in [4.78, 5) is 24.2. The van der Waals surface area contributed by atoms with Crippen molar-refractivity contribution in [2.45, 2.75) is 33.9 Å². The summed E-state index contributed by atoms with van der Waals surface area (Å²) in [5, 5.41) is 7.84. The van der Waals surface area contributed by atoms with Gasteiger partial charge in [0.1, 0.15) is 6.54 Å². The summed E-state index contributed by atoms with van der Waals surface area (Å²) in [6, 6.07) is 15.6. The Labute approximate surface area is 175 Å². The zero-order chi connectivity index (χ0) is 21.3. The molecule has 0 aliphatic rings. The van der Waals surface area contributed by atoms with Crippen LogP contribution < -0.4 is 10.6 Å². The summed E-state index contributed by atoms with van der Waals surface area (Å²) in [5.41, 5.74) is 3.58. The van der Waals surface area contributed by atoms with E-state index in [0.29, 0.717) is 5.92 Å². The number of aromatic nitrogens is 2. The first kappa shape index (κ1) is 19.8. The molecule has 0 radical (unpaired) electrons. The van der Waals surface area contributed by atoms with Gasteiger partial charge in [0.15, 0.2) is 0 Å². The van der Waals surface area contributed by atoms with Gasteiger partial charge < -0.3 is 19.8 Å². The fourth-order valence-corrected chi connectivity index (χ4v) is 3.89. The van der Waals surface area contributed by atoms with Crippen molar-refractivity contribution >= 4 is 45.0 Å². The van der Waals surface area contributed by atoms with E-state index >= 15 is 0 Å². The van der Waals surface area contributed by atoms with Gasteiger partial charge in [-0.15, -0.1) is 0 Å². The molecule has 2 N–H and O–H groups in total. The van der Waals surface area contributed by atoms with E-state index in [1.807, 2.05) is 47.2 Å². The standard InChI is InChI=1S/C24H26N4O2/c1-16(2)14-27-12-10-19-21(7-5-8-22(19)27)26-24(30)15-28-13-11-18-20(25-17(3)29)6-4-9-23(18)28/h4-13,16H,14-15H2,1-3H3,(H,25,29)(H,26,30). The van der Waals surface area contributed by atoms with Crippen molar-refractivity contribution < 1.29 is 9.59 Å². The highest BCUT2D eigenvalue weighted by molar-refractivity contribution is 6.03. The van der Waals surface area contributed by atoms with Crippen LogP contribution in [0.15, 0.2) is 60.9 Å². The molecule has 6 heteroatoms. The average Bonchev–Trinajstić information content (AvgIpc) is 3.27. The second-order valence-corrected chi connectivity index (χ2v) is 8.01. The van der Waals surface area contributed by atoms with Gasteiger partial charge >= 0.3 is 0 Å². The van der Waals surface area contributed by atoms with Gasteiger partial charge in [-0.25, -0.2) is 0 Å². The van der Waals surface area contributed by atoms with Crippen molar-refractivity contribution in [2.75, 3.05) is 10.6 Å². The largest absolute Gasteiger partial charge is 0.347 e. The van der Waals surface area contributed by atoms with Crippen LogP contribution in [0.5, 0.6) is 0 Å². The van der Waals surface area contributed by atoms with Crippen LogP contribution in [0, 0.1) is 5.92 Å². The molecule has 6 nitrogen and oxygen atoms in total. The summed E-state index contributed by atoms with van der Waals surface area (Å²) >= 11 is 0. The Balaban J connectivity index is 1.56. The fraction of sp³-hybridized carbons (Fsp3) is 0.250. The van der Waals surface area contributed by atoms with Crippen molar-refractivity contribution in [3.63, 3.8) is 0 Å². The molecule has 0 bridgehead atoms. The van der Waals surface area contributed by atoms with Gasteiger partial charge in [0.2, 0.25) is 11.8 Å². The van der Waals surface area contributed by atoms with E-state index < -0.39 is 0 Å². The first-order valence-electron chi connectivity index (χ1n) is 10.2. The van der Waals surface area contributed by atoms with Crippen molar-refractivity contribution in [3.05, 3.63) is 60.9 Å². The average molecular weight is 402 g/mol. The SMILES string of the molecule is CC(=O)Nc1cccc2c1ccn2CC(=O)Nc1cccc2c1ccn2CC(C)C. The molecule has 0 saturated heterocycles. The molecular weight excluding hydrogens is 376 g/mol. The lowest BCUT2D eigenvalue weighted by Gasteiger charge is -2.11. The van der Waals surface area contributed by atoms with Gasteiger partial charge in [-0.3, -0.25) is 9.59 Å². The van der Waals surface area contributed by atoms with E-state index in [2.05, 4.69) is 47.4 Å². The topological polar surface area (TPSA) is 68.1 Å². The molecule has 0 atom stereocenters. The lowest BCUT2D eigenvalue weighted by atomic mass is 10.2. The molecule has 0 aliphatic carbocycles. The number of carbonyl (C=O) groups is 2. The minimum atomic E-state index is -0.120. The van der Waals surface area contributed by atoms with Crippen molar-refractivity contribution in [1.82, 2.24) is 9.13 Å². The molecular formula is C24H26N4O2. The van der Waals surface area contributed by atoms with Crippen LogP contribution in [0.3, 0.4) is 0 Å². The molecule has 0 unspecified atom stereocenters. The first-order chi connectivity index (χ1) is 14.4. The van der Waals surface area contributed by atoms with Crippen molar-refractivity contribution in [3.8, 4) is 0 Å². The number of nitrogens with one attached hydrogen (secondary N) is 2. The highest BCUT2D eigenvalue weighted by Gasteiger charge is 2.12. The zero-order valence-corrected chi connectivity index (χ0v) is 17.5. The Kier molecular flexibility index (Phi) is 5.31. The molecule has 2 amide bonds. The minimum absolute atomic E-state index is 0.0958. The number of carbonyl (C=O) groups excluding carboxylic acids is 2. The van der Waals surface area contributed by atoms with Crippen LogP contribution in [0.2, 0.25) is 0 Å². The molecule has 4 aromatic rings. The van der Waals surface area contributed by atoms with E-state index in [1.54, 1.807) is 0 Å². The maximum Gasteiger partial charge on any atom is 0.244 e. The molecule has 0 fully saturated rings. The second kappa shape index (κ2) is 8.06. The predicted octanol–water partition coefficient (Wildman–Crippen LogP) is 4.85. The number of rotatable bonds is 6. The third kappa shape index (κ3) is 3.94. The summed E-state index contributed by atoms with van der Waals surface area (Å²) in [7, 11) is 0. The summed E-state index contributed by atoms with van der Waals surface area (Å²) in [5.74, 6) is 0.329. The molecule has 2 aromatic carbocycles. The highest BCUT2D eigenvalue weighted by Crippen LogP contribution is 2.27. The third-order valence-electron chi connectivity index (χ3n) is 5.09. The Bertz CT molecular complexity index is 1230. The van der Waals surface area contributed by atoms with Crippen LogP contribution in [0.4, 0.5) is 11.4 Å². The molecule has 154 valence electrons. The maximum atomic E-state index is 12.8. The quantitative estimate of drug-likeness (QED) is 0.484. The molecule has 30 heavy (non-hydrogen) atoms. The maximum absolute atomic E-state index is 12.8. The predicted molar refractivity (Wildman–Crippen MR) is 122 cm³/mol. The van der Waals surface area contributed by atoms with Crippen LogP contribution in [0.1, 0.15) is 20.8 Å². The normalized spacial score (nSPS) is 11.3. The van der Waals surface area contributed by atoms with Crippen LogP contribution in [-0.2, 0) is 22.7 Å². The van der Waals surface area contributed by atoms with Crippen molar-refractivity contribution in [1.29, 1.82) is 0 Å².